The van der Waals surface area contributed by atoms with Crippen LogP contribution in [0.4, 0.5) is 15.8 Å². The van der Waals surface area contributed by atoms with Gasteiger partial charge in [0.05, 0.1) is 31.3 Å². The van der Waals surface area contributed by atoms with Crippen LogP contribution in [0.25, 0.3) is 0 Å². The van der Waals surface area contributed by atoms with Crippen molar-refractivity contribution in [1.82, 2.24) is 4.90 Å². The maximum absolute atomic E-state index is 14.0. The van der Waals surface area contributed by atoms with Crippen molar-refractivity contribution in [2.24, 2.45) is 0 Å². The third-order valence-electron chi connectivity index (χ3n) is 5.68. The molecule has 2 aromatic carbocycles. The number of halogens is 1. The Morgan fingerprint density at radius 2 is 1.54 bits per heavy atom. The Kier molecular flexibility index (Phi) is 4.30. The molecule has 0 unspecified atom stereocenters. The molecule has 2 saturated heterocycles. The minimum absolute atomic E-state index is 0.164. The van der Waals surface area contributed by atoms with Crippen LogP contribution in [0.5, 0.6) is 0 Å². The number of carbonyl (C=O) groups is 1. The maximum atomic E-state index is 14.0. The second-order valence-corrected chi connectivity index (χ2v) is 7.26. The van der Waals surface area contributed by atoms with Gasteiger partial charge in [-0.15, -0.1) is 0 Å². The van der Waals surface area contributed by atoms with Crippen molar-refractivity contribution in [3.05, 3.63) is 59.9 Å². The molecular formula is C21H22FN3O3. The largest absolute Gasteiger partial charge is 0.367 e. The van der Waals surface area contributed by atoms with Crippen molar-refractivity contribution in [3.8, 4) is 0 Å². The first-order valence-electron chi connectivity index (χ1n) is 9.60. The summed E-state index contributed by atoms with van der Waals surface area (Å²) in [5.74, 6) is -1.65. The number of fused-ring (bicyclic) bond motifs is 2. The molecule has 0 atom stereocenters. The van der Waals surface area contributed by atoms with Crippen LogP contribution < -0.4 is 9.80 Å². The van der Waals surface area contributed by atoms with E-state index in [1.807, 2.05) is 36.4 Å². The highest BCUT2D eigenvalue weighted by molar-refractivity contribution is 6.06. The third-order valence-corrected chi connectivity index (χ3v) is 5.68. The second kappa shape index (κ2) is 6.84. The lowest BCUT2D eigenvalue weighted by atomic mass is 10.1. The molecule has 5 rings (SSSR count). The number of ether oxygens (including phenoxy) is 2. The summed E-state index contributed by atoms with van der Waals surface area (Å²) in [6.07, 6.45) is 0. The van der Waals surface area contributed by atoms with E-state index in [9.17, 15) is 9.18 Å². The molecule has 2 aromatic rings. The number of piperazine rings is 1. The summed E-state index contributed by atoms with van der Waals surface area (Å²) in [7, 11) is 0. The molecule has 3 heterocycles. The van der Waals surface area contributed by atoms with Crippen molar-refractivity contribution >= 4 is 17.3 Å². The predicted molar refractivity (Wildman–Crippen MR) is 103 cm³/mol. The predicted octanol–water partition coefficient (Wildman–Crippen LogP) is 2.15. The van der Waals surface area contributed by atoms with Gasteiger partial charge in [0.15, 0.2) is 0 Å². The van der Waals surface area contributed by atoms with E-state index in [1.165, 1.54) is 6.07 Å². The van der Waals surface area contributed by atoms with Crippen LogP contribution >= 0.6 is 0 Å². The number of nitrogens with zero attached hydrogens (tertiary/aromatic N) is 3. The summed E-state index contributed by atoms with van der Waals surface area (Å²) >= 11 is 0. The Morgan fingerprint density at radius 1 is 0.893 bits per heavy atom. The first-order chi connectivity index (χ1) is 13.7. The highest BCUT2D eigenvalue weighted by atomic mass is 19.1. The molecule has 0 bridgehead atoms. The van der Waals surface area contributed by atoms with Crippen molar-refractivity contribution in [2.75, 3.05) is 55.9 Å². The molecule has 3 aliphatic rings. The van der Waals surface area contributed by atoms with Gasteiger partial charge in [-0.05, 0) is 18.2 Å². The summed E-state index contributed by atoms with van der Waals surface area (Å²) < 4.78 is 25.6. The summed E-state index contributed by atoms with van der Waals surface area (Å²) in [5.41, 5.74) is 2.25. The molecule has 1 spiro atoms. The Labute approximate surface area is 163 Å². The summed E-state index contributed by atoms with van der Waals surface area (Å²) in [6, 6.07) is 14.5. The van der Waals surface area contributed by atoms with E-state index in [4.69, 9.17) is 9.47 Å². The number of anilines is 2. The minimum Gasteiger partial charge on any atom is -0.367 e. The Bertz CT molecular complexity index is 892. The lowest BCUT2D eigenvalue weighted by Gasteiger charge is -2.38. The van der Waals surface area contributed by atoms with E-state index in [2.05, 4.69) is 9.80 Å². The number of para-hydroxylation sites is 2. The van der Waals surface area contributed by atoms with Gasteiger partial charge in [0.25, 0.3) is 11.7 Å². The molecule has 0 aliphatic carbocycles. The molecule has 0 radical (unpaired) electrons. The fourth-order valence-electron chi connectivity index (χ4n) is 4.26. The van der Waals surface area contributed by atoms with Crippen LogP contribution in [-0.2, 0) is 20.1 Å². The molecule has 6 nitrogen and oxygen atoms in total. The Hall–Kier alpha value is -2.48. The van der Waals surface area contributed by atoms with Gasteiger partial charge < -0.3 is 14.4 Å². The average Bonchev–Trinajstić information content (AvgIpc) is 3.31. The molecular weight excluding hydrogens is 361 g/mol. The van der Waals surface area contributed by atoms with E-state index in [1.54, 1.807) is 11.0 Å². The average molecular weight is 383 g/mol. The van der Waals surface area contributed by atoms with Crippen LogP contribution in [0, 0.1) is 5.82 Å². The van der Waals surface area contributed by atoms with E-state index in [0.717, 1.165) is 24.3 Å². The molecule has 0 N–H and O–H groups in total. The number of benzene rings is 2. The smallest absolute Gasteiger partial charge is 0.293 e. The van der Waals surface area contributed by atoms with Crippen LogP contribution in [0.3, 0.4) is 0 Å². The number of amides is 1. The number of rotatable bonds is 3. The molecule has 146 valence electrons. The summed E-state index contributed by atoms with van der Waals surface area (Å²) in [5, 5.41) is 0. The van der Waals surface area contributed by atoms with Gasteiger partial charge >= 0.3 is 0 Å². The normalized spacial score (nSPS) is 21.5. The number of carbonyl (C=O) groups excluding carboxylic acids is 1. The van der Waals surface area contributed by atoms with E-state index in [-0.39, 0.29) is 11.7 Å². The van der Waals surface area contributed by atoms with Crippen molar-refractivity contribution < 1.29 is 18.7 Å². The molecule has 0 aromatic heterocycles. The summed E-state index contributed by atoms with van der Waals surface area (Å²) in [6.45, 7) is 4.20. The lowest BCUT2D eigenvalue weighted by molar-refractivity contribution is -0.181. The fraction of sp³-hybridized carbons (Fsp3) is 0.381. The van der Waals surface area contributed by atoms with E-state index in [0.29, 0.717) is 38.7 Å². The standard InChI is InChI=1S/C21H22FN3O3/c22-17-6-2-4-8-19(17)24-11-9-23(10-12-24)15-25-18-7-3-1-5-16(18)21(20(25)26)27-13-14-28-21/h1-8H,9-15H2. The lowest BCUT2D eigenvalue weighted by Crippen LogP contribution is -2.52. The first kappa shape index (κ1) is 17.6. The Balaban J connectivity index is 1.31. The topological polar surface area (TPSA) is 45.3 Å². The zero-order valence-electron chi connectivity index (χ0n) is 15.5. The van der Waals surface area contributed by atoms with Gasteiger partial charge in [-0.1, -0.05) is 30.3 Å². The van der Waals surface area contributed by atoms with E-state index >= 15 is 0 Å². The molecule has 28 heavy (non-hydrogen) atoms. The molecule has 0 saturated carbocycles. The van der Waals surface area contributed by atoms with E-state index < -0.39 is 5.79 Å². The third kappa shape index (κ3) is 2.70. The maximum Gasteiger partial charge on any atom is 0.293 e. The zero-order valence-corrected chi connectivity index (χ0v) is 15.5. The first-order valence-corrected chi connectivity index (χ1v) is 9.60. The van der Waals surface area contributed by atoms with Crippen LogP contribution in [-0.4, -0.2) is 56.9 Å². The Morgan fingerprint density at radius 3 is 2.25 bits per heavy atom. The fourth-order valence-corrected chi connectivity index (χ4v) is 4.26. The monoisotopic (exact) mass is 383 g/mol. The molecule has 7 heteroatoms. The van der Waals surface area contributed by atoms with Crippen molar-refractivity contribution in [1.29, 1.82) is 0 Å². The summed E-state index contributed by atoms with van der Waals surface area (Å²) in [4.78, 5) is 19.2. The highest BCUT2D eigenvalue weighted by Crippen LogP contribution is 2.45. The van der Waals surface area contributed by atoms with Gasteiger partial charge in [-0.3, -0.25) is 14.6 Å². The van der Waals surface area contributed by atoms with Crippen LogP contribution in [0.15, 0.2) is 48.5 Å². The number of hydrogen-bond donors (Lipinski definition) is 0. The van der Waals surface area contributed by atoms with Crippen molar-refractivity contribution in [2.45, 2.75) is 5.79 Å². The van der Waals surface area contributed by atoms with Crippen LogP contribution in [0.1, 0.15) is 5.56 Å². The minimum atomic E-state index is -1.29. The van der Waals surface area contributed by atoms with Crippen LogP contribution in [0.2, 0.25) is 0 Å². The SMILES string of the molecule is O=C1N(CN2CCN(c3ccccc3F)CC2)c2ccccc2C12OCCO2. The van der Waals surface area contributed by atoms with Gasteiger partial charge in [-0.2, -0.15) is 0 Å². The molecule has 3 aliphatic heterocycles. The van der Waals surface area contributed by atoms with Gasteiger partial charge in [0.2, 0.25) is 0 Å². The van der Waals surface area contributed by atoms with Gasteiger partial charge in [0.1, 0.15) is 5.82 Å². The quantitative estimate of drug-likeness (QED) is 0.813. The second-order valence-electron chi connectivity index (χ2n) is 7.26. The van der Waals surface area contributed by atoms with Gasteiger partial charge in [0, 0.05) is 31.7 Å². The molecule has 1 amide bonds. The van der Waals surface area contributed by atoms with Gasteiger partial charge in [-0.25, -0.2) is 4.39 Å². The number of hydrogen-bond acceptors (Lipinski definition) is 5. The molecule has 2 fully saturated rings. The highest BCUT2D eigenvalue weighted by Gasteiger charge is 2.56. The zero-order chi connectivity index (χ0) is 19.1. The van der Waals surface area contributed by atoms with Crippen molar-refractivity contribution in [3.63, 3.8) is 0 Å².